The van der Waals surface area contributed by atoms with Gasteiger partial charge in [0.05, 0.1) is 5.92 Å². The number of carbonyl (C=O) groups is 2. The molecular formula is C22H36O4. The molecule has 0 saturated heterocycles. The summed E-state index contributed by atoms with van der Waals surface area (Å²) < 4.78 is 11.2. The van der Waals surface area contributed by atoms with Gasteiger partial charge in [-0.15, -0.1) is 0 Å². The predicted octanol–water partition coefficient (Wildman–Crippen LogP) is 4.91. The zero-order valence-corrected chi connectivity index (χ0v) is 17.3. The van der Waals surface area contributed by atoms with Crippen LogP contribution in [0, 0.1) is 29.6 Å². The summed E-state index contributed by atoms with van der Waals surface area (Å²) in [6, 6.07) is 0. The minimum atomic E-state index is -0.382. The molecule has 4 heteroatoms. The zero-order chi connectivity index (χ0) is 19.5. The van der Waals surface area contributed by atoms with Crippen molar-refractivity contribution in [2.45, 2.75) is 85.4 Å². The number of rotatable bonds is 8. The van der Waals surface area contributed by atoms with Gasteiger partial charge in [-0.2, -0.15) is 0 Å². The largest absolute Gasteiger partial charge is 0.459 e. The van der Waals surface area contributed by atoms with Crippen LogP contribution < -0.4 is 0 Å². The first kappa shape index (κ1) is 21.0. The van der Waals surface area contributed by atoms with E-state index in [4.69, 9.17) is 9.47 Å². The van der Waals surface area contributed by atoms with Gasteiger partial charge in [-0.05, 0) is 63.4 Å². The standard InChI is InChI=1S/C22H36O4/c1-14(2)20(25-16(4)23)9-7-8-15(3)21(24)26-22(5,6)19-13-17-10-11-18(19)12-17/h7,9,14-15,17-20H,8,10-13H2,1-6H3/b9-7-. The number of hydrogen-bond donors (Lipinski definition) is 0. The van der Waals surface area contributed by atoms with E-state index in [1.165, 1.54) is 32.6 Å². The van der Waals surface area contributed by atoms with Gasteiger partial charge in [0.2, 0.25) is 0 Å². The molecule has 0 heterocycles. The first-order chi connectivity index (χ1) is 12.1. The molecule has 0 amide bonds. The summed E-state index contributed by atoms with van der Waals surface area (Å²) in [5, 5.41) is 0. The molecular weight excluding hydrogens is 328 g/mol. The SMILES string of the molecule is CC(=O)OC(/C=C\CC(C)C(=O)OC(C)(C)C1CC2CCC1C2)C(C)C. The van der Waals surface area contributed by atoms with Gasteiger partial charge in [0.15, 0.2) is 0 Å². The summed E-state index contributed by atoms with van der Waals surface area (Å²) in [5.74, 6) is 1.67. The lowest BCUT2D eigenvalue weighted by Crippen LogP contribution is -2.40. The lowest BCUT2D eigenvalue weighted by atomic mass is 9.78. The maximum Gasteiger partial charge on any atom is 0.309 e. The summed E-state index contributed by atoms with van der Waals surface area (Å²) >= 11 is 0. The Balaban J connectivity index is 1.84. The number of fused-ring (bicyclic) bond motifs is 2. The van der Waals surface area contributed by atoms with Gasteiger partial charge in [0, 0.05) is 12.8 Å². The van der Waals surface area contributed by atoms with Crippen LogP contribution in [0.4, 0.5) is 0 Å². The molecule has 5 atom stereocenters. The van der Waals surface area contributed by atoms with Crippen LogP contribution in [-0.4, -0.2) is 23.6 Å². The highest BCUT2D eigenvalue weighted by atomic mass is 16.6. The molecule has 26 heavy (non-hydrogen) atoms. The minimum absolute atomic E-state index is 0.129. The quantitative estimate of drug-likeness (QED) is 0.453. The maximum absolute atomic E-state index is 12.6. The Bertz CT molecular complexity index is 534. The van der Waals surface area contributed by atoms with Gasteiger partial charge in [-0.3, -0.25) is 9.59 Å². The number of esters is 2. The van der Waals surface area contributed by atoms with E-state index in [9.17, 15) is 9.59 Å². The van der Waals surface area contributed by atoms with E-state index in [0.29, 0.717) is 12.3 Å². The molecule has 0 radical (unpaired) electrons. The Hall–Kier alpha value is -1.32. The van der Waals surface area contributed by atoms with Crippen molar-refractivity contribution in [2.24, 2.45) is 29.6 Å². The molecule has 5 unspecified atom stereocenters. The molecule has 2 aliphatic carbocycles. The van der Waals surface area contributed by atoms with Crippen molar-refractivity contribution in [1.82, 2.24) is 0 Å². The second-order valence-electron chi connectivity index (χ2n) is 9.19. The van der Waals surface area contributed by atoms with Crippen molar-refractivity contribution < 1.29 is 19.1 Å². The smallest absolute Gasteiger partial charge is 0.309 e. The molecule has 0 N–H and O–H groups in total. The van der Waals surface area contributed by atoms with Crippen LogP contribution in [0.1, 0.15) is 73.6 Å². The lowest BCUT2D eigenvalue weighted by Gasteiger charge is -2.37. The highest BCUT2D eigenvalue weighted by molar-refractivity contribution is 5.72. The van der Waals surface area contributed by atoms with Crippen LogP contribution in [0.15, 0.2) is 12.2 Å². The fourth-order valence-corrected chi connectivity index (χ4v) is 4.63. The van der Waals surface area contributed by atoms with Gasteiger partial charge < -0.3 is 9.47 Å². The summed E-state index contributed by atoms with van der Waals surface area (Å²) in [5.41, 5.74) is -0.382. The molecule has 0 aromatic rings. The Kier molecular flexibility index (Phi) is 6.92. The first-order valence-electron chi connectivity index (χ1n) is 10.2. The van der Waals surface area contributed by atoms with E-state index in [1.807, 2.05) is 32.9 Å². The van der Waals surface area contributed by atoms with E-state index in [2.05, 4.69) is 13.8 Å². The Morgan fingerprint density at radius 3 is 2.35 bits per heavy atom. The topological polar surface area (TPSA) is 52.6 Å². The highest BCUT2D eigenvalue weighted by Crippen LogP contribution is 2.53. The average Bonchev–Trinajstić information content (AvgIpc) is 3.16. The average molecular weight is 365 g/mol. The maximum atomic E-state index is 12.6. The predicted molar refractivity (Wildman–Crippen MR) is 102 cm³/mol. The second-order valence-corrected chi connectivity index (χ2v) is 9.19. The van der Waals surface area contributed by atoms with Crippen LogP contribution in [0.3, 0.4) is 0 Å². The summed E-state index contributed by atoms with van der Waals surface area (Å²) in [7, 11) is 0. The number of hydrogen-bond acceptors (Lipinski definition) is 4. The molecule has 2 fully saturated rings. The van der Waals surface area contributed by atoms with E-state index < -0.39 is 0 Å². The summed E-state index contributed by atoms with van der Waals surface area (Å²) in [6.45, 7) is 11.5. The van der Waals surface area contributed by atoms with Gasteiger partial charge in [-0.1, -0.05) is 33.3 Å². The number of carbonyl (C=O) groups excluding carboxylic acids is 2. The van der Waals surface area contributed by atoms with E-state index in [-0.39, 0.29) is 35.5 Å². The van der Waals surface area contributed by atoms with Crippen LogP contribution >= 0.6 is 0 Å². The van der Waals surface area contributed by atoms with Crippen LogP contribution in [0.25, 0.3) is 0 Å². The van der Waals surface area contributed by atoms with Gasteiger partial charge >= 0.3 is 11.9 Å². The van der Waals surface area contributed by atoms with E-state index in [0.717, 1.165) is 11.8 Å². The monoisotopic (exact) mass is 364 g/mol. The molecule has 2 rings (SSSR count). The summed E-state index contributed by atoms with van der Waals surface area (Å²) in [6.07, 6.45) is 9.33. The van der Waals surface area contributed by atoms with Gasteiger partial charge in [0.1, 0.15) is 11.7 Å². The molecule has 2 saturated carbocycles. The molecule has 148 valence electrons. The number of allylic oxidation sites excluding steroid dienone is 1. The Morgan fingerprint density at radius 1 is 1.15 bits per heavy atom. The van der Waals surface area contributed by atoms with Crippen LogP contribution in [0.5, 0.6) is 0 Å². The lowest BCUT2D eigenvalue weighted by molar-refractivity contribution is -0.168. The van der Waals surface area contributed by atoms with Crippen molar-refractivity contribution in [1.29, 1.82) is 0 Å². The Labute approximate surface area is 158 Å². The fraction of sp³-hybridized carbons (Fsp3) is 0.818. The second kappa shape index (κ2) is 8.58. The first-order valence-corrected chi connectivity index (χ1v) is 10.2. The van der Waals surface area contributed by atoms with Gasteiger partial charge in [0.25, 0.3) is 0 Å². The fourth-order valence-electron chi connectivity index (χ4n) is 4.63. The van der Waals surface area contributed by atoms with Gasteiger partial charge in [-0.25, -0.2) is 0 Å². The molecule has 2 aliphatic rings. The normalized spacial score (nSPS) is 27.7. The van der Waals surface area contributed by atoms with Crippen molar-refractivity contribution >= 4 is 11.9 Å². The highest BCUT2D eigenvalue weighted by Gasteiger charge is 2.48. The third-order valence-electron chi connectivity index (χ3n) is 6.17. The van der Waals surface area contributed by atoms with Crippen molar-refractivity contribution in [3.05, 3.63) is 12.2 Å². The van der Waals surface area contributed by atoms with Crippen LogP contribution in [0.2, 0.25) is 0 Å². The molecule has 0 aromatic heterocycles. The van der Waals surface area contributed by atoms with E-state index in [1.54, 1.807) is 0 Å². The molecule has 0 aliphatic heterocycles. The minimum Gasteiger partial charge on any atom is -0.459 e. The number of ether oxygens (including phenoxy) is 2. The third-order valence-corrected chi connectivity index (χ3v) is 6.17. The van der Waals surface area contributed by atoms with Crippen molar-refractivity contribution in [3.8, 4) is 0 Å². The van der Waals surface area contributed by atoms with Crippen molar-refractivity contribution in [3.63, 3.8) is 0 Å². The van der Waals surface area contributed by atoms with Crippen molar-refractivity contribution in [2.75, 3.05) is 0 Å². The molecule has 0 aromatic carbocycles. The zero-order valence-electron chi connectivity index (χ0n) is 17.3. The molecule has 2 bridgehead atoms. The third kappa shape index (κ3) is 5.34. The molecule has 4 nitrogen and oxygen atoms in total. The Morgan fingerprint density at radius 2 is 1.85 bits per heavy atom. The van der Waals surface area contributed by atoms with Crippen LogP contribution in [-0.2, 0) is 19.1 Å². The molecule has 0 spiro atoms. The summed E-state index contributed by atoms with van der Waals surface area (Å²) in [4.78, 5) is 23.7. The van der Waals surface area contributed by atoms with E-state index >= 15 is 0 Å².